The second-order valence-electron chi connectivity index (χ2n) is 7.41. The van der Waals surface area contributed by atoms with Crippen LogP contribution in [0.2, 0.25) is 0 Å². The van der Waals surface area contributed by atoms with E-state index >= 15 is 0 Å². The molecule has 1 aliphatic rings. The maximum Gasteiger partial charge on any atom is 0.191 e. The Balaban J connectivity index is 1.40. The molecule has 0 saturated carbocycles. The van der Waals surface area contributed by atoms with Crippen molar-refractivity contribution >= 4 is 16.7 Å². The molecule has 1 unspecified atom stereocenters. The molecule has 1 atom stereocenters. The second kappa shape index (κ2) is 9.56. The summed E-state index contributed by atoms with van der Waals surface area (Å²) in [6.45, 7) is 3.59. The van der Waals surface area contributed by atoms with Gasteiger partial charge in [-0.25, -0.2) is 0 Å². The molecule has 6 nitrogen and oxygen atoms in total. The van der Waals surface area contributed by atoms with E-state index in [0.717, 1.165) is 37.0 Å². The average molecular weight is 392 g/mol. The quantitative estimate of drug-likeness (QED) is 0.495. The van der Waals surface area contributed by atoms with Gasteiger partial charge < -0.3 is 15.1 Å². The zero-order chi connectivity index (χ0) is 19.9. The van der Waals surface area contributed by atoms with Crippen molar-refractivity contribution in [3.63, 3.8) is 0 Å². The first-order valence-corrected chi connectivity index (χ1v) is 10.4. The summed E-state index contributed by atoms with van der Waals surface area (Å²) in [5.41, 5.74) is 1.02. The zero-order valence-corrected chi connectivity index (χ0v) is 17.0. The second-order valence-corrected chi connectivity index (χ2v) is 7.41. The SMILES string of the molecule is CN=C(NCc1nccc2ccccc12)NCC(c1ccco1)N1CCCCC1. The monoisotopic (exact) mass is 391 g/mol. The molecule has 3 aromatic rings. The van der Waals surface area contributed by atoms with Crippen LogP contribution < -0.4 is 10.6 Å². The lowest BCUT2D eigenvalue weighted by Gasteiger charge is -2.33. The molecule has 0 radical (unpaired) electrons. The number of benzene rings is 1. The van der Waals surface area contributed by atoms with Gasteiger partial charge in [-0.2, -0.15) is 0 Å². The van der Waals surface area contributed by atoms with Gasteiger partial charge in [0.05, 0.1) is 24.5 Å². The van der Waals surface area contributed by atoms with Crippen LogP contribution in [0.25, 0.3) is 10.8 Å². The molecule has 152 valence electrons. The molecule has 2 aromatic heterocycles. The highest BCUT2D eigenvalue weighted by atomic mass is 16.3. The van der Waals surface area contributed by atoms with E-state index in [9.17, 15) is 0 Å². The van der Waals surface area contributed by atoms with Gasteiger partial charge in [-0.3, -0.25) is 14.9 Å². The Morgan fingerprint density at radius 2 is 1.97 bits per heavy atom. The van der Waals surface area contributed by atoms with Crippen LogP contribution in [0.3, 0.4) is 0 Å². The van der Waals surface area contributed by atoms with Crippen LogP contribution in [-0.2, 0) is 6.54 Å². The average Bonchev–Trinajstić information content (AvgIpc) is 3.31. The lowest BCUT2D eigenvalue weighted by atomic mass is 10.1. The minimum atomic E-state index is 0.208. The fourth-order valence-corrected chi connectivity index (χ4v) is 4.03. The number of piperidine rings is 1. The number of hydrogen-bond donors (Lipinski definition) is 2. The number of guanidine groups is 1. The van der Waals surface area contributed by atoms with Crippen molar-refractivity contribution in [2.45, 2.75) is 31.8 Å². The van der Waals surface area contributed by atoms with Crippen molar-refractivity contribution < 1.29 is 4.42 Å². The number of furan rings is 1. The van der Waals surface area contributed by atoms with E-state index in [2.05, 4.69) is 49.8 Å². The highest BCUT2D eigenvalue weighted by molar-refractivity contribution is 5.85. The van der Waals surface area contributed by atoms with Crippen LogP contribution in [0.4, 0.5) is 0 Å². The van der Waals surface area contributed by atoms with E-state index in [0.29, 0.717) is 6.54 Å². The zero-order valence-electron chi connectivity index (χ0n) is 17.0. The molecular weight excluding hydrogens is 362 g/mol. The number of pyridine rings is 1. The van der Waals surface area contributed by atoms with Gasteiger partial charge in [0, 0.05) is 25.2 Å². The van der Waals surface area contributed by atoms with Crippen molar-refractivity contribution in [3.8, 4) is 0 Å². The molecular formula is C23H29N5O. The molecule has 3 heterocycles. The van der Waals surface area contributed by atoms with Crippen LogP contribution >= 0.6 is 0 Å². The van der Waals surface area contributed by atoms with Gasteiger partial charge in [-0.1, -0.05) is 30.7 Å². The fourth-order valence-electron chi connectivity index (χ4n) is 4.03. The minimum Gasteiger partial charge on any atom is -0.468 e. The third-order valence-electron chi connectivity index (χ3n) is 5.57. The number of nitrogens with zero attached hydrogens (tertiary/aromatic N) is 3. The van der Waals surface area contributed by atoms with E-state index in [4.69, 9.17) is 4.42 Å². The molecule has 1 aromatic carbocycles. The molecule has 0 amide bonds. The van der Waals surface area contributed by atoms with Gasteiger partial charge in [0.2, 0.25) is 0 Å². The van der Waals surface area contributed by atoms with E-state index in [1.807, 2.05) is 24.4 Å². The fraction of sp³-hybridized carbons (Fsp3) is 0.391. The van der Waals surface area contributed by atoms with Gasteiger partial charge in [-0.05, 0) is 49.5 Å². The summed E-state index contributed by atoms with van der Waals surface area (Å²) < 4.78 is 5.74. The van der Waals surface area contributed by atoms with Crippen molar-refractivity contribution in [1.29, 1.82) is 0 Å². The third-order valence-corrected chi connectivity index (χ3v) is 5.57. The summed E-state index contributed by atoms with van der Waals surface area (Å²) in [6, 6.07) is 14.6. The van der Waals surface area contributed by atoms with Gasteiger partial charge in [0.15, 0.2) is 5.96 Å². The number of likely N-dealkylation sites (tertiary alicyclic amines) is 1. The highest BCUT2D eigenvalue weighted by Gasteiger charge is 2.24. The molecule has 1 aliphatic heterocycles. The van der Waals surface area contributed by atoms with E-state index in [1.165, 1.54) is 30.0 Å². The largest absolute Gasteiger partial charge is 0.468 e. The summed E-state index contributed by atoms with van der Waals surface area (Å²) in [5, 5.41) is 9.26. The van der Waals surface area contributed by atoms with Crippen molar-refractivity contribution in [2.24, 2.45) is 4.99 Å². The molecule has 1 fully saturated rings. The molecule has 1 saturated heterocycles. The first-order chi connectivity index (χ1) is 14.3. The molecule has 0 aliphatic carbocycles. The third kappa shape index (κ3) is 4.77. The Kier molecular flexibility index (Phi) is 6.42. The number of aliphatic imine (C=N–C) groups is 1. The first-order valence-electron chi connectivity index (χ1n) is 10.4. The standard InChI is InChI=1S/C23H29N5O/c1-24-23(26-16-20-19-9-4-3-8-18(19)11-12-25-20)27-17-21(22-10-7-15-29-22)28-13-5-2-6-14-28/h3-4,7-12,15,21H,2,5-6,13-14,16-17H2,1H3,(H2,24,26,27). The predicted molar refractivity (Wildman–Crippen MR) is 117 cm³/mol. The van der Waals surface area contributed by atoms with Crippen molar-refractivity contribution in [3.05, 3.63) is 66.4 Å². The number of rotatable bonds is 6. The Labute approximate surface area is 172 Å². The summed E-state index contributed by atoms with van der Waals surface area (Å²) >= 11 is 0. The van der Waals surface area contributed by atoms with E-state index in [-0.39, 0.29) is 6.04 Å². The van der Waals surface area contributed by atoms with Crippen LogP contribution in [0.15, 0.2) is 64.3 Å². The van der Waals surface area contributed by atoms with Gasteiger partial charge in [0.25, 0.3) is 0 Å². The molecule has 0 bridgehead atoms. The maximum absolute atomic E-state index is 5.74. The Morgan fingerprint density at radius 3 is 2.76 bits per heavy atom. The molecule has 6 heteroatoms. The maximum atomic E-state index is 5.74. The normalized spacial score (nSPS) is 16.7. The molecule has 2 N–H and O–H groups in total. The Bertz CT molecular complexity index is 926. The topological polar surface area (TPSA) is 65.7 Å². The number of fused-ring (bicyclic) bond motifs is 1. The van der Waals surface area contributed by atoms with Gasteiger partial charge in [-0.15, -0.1) is 0 Å². The van der Waals surface area contributed by atoms with Crippen LogP contribution in [0.1, 0.15) is 36.8 Å². The molecule has 4 rings (SSSR count). The van der Waals surface area contributed by atoms with Crippen LogP contribution in [0, 0.1) is 0 Å². The lowest BCUT2D eigenvalue weighted by Crippen LogP contribution is -2.44. The highest BCUT2D eigenvalue weighted by Crippen LogP contribution is 2.24. The Hall–Kier alpha value is -2.86. The van der Waals surface area contributed by atoms with Gasteiger partial charge >= 0.3 is 0 Å². The Morgan fingerprint density at radius 1 is 1.10 bits per heavy atom. The molecule has 29 heavy (non-hydrogen) atoms. The van der Waals surface area contributed by atoms with Crippen molar-refractivity contribution in [1.82, 2.24) is 20.5 Å². The number of hydrogen-bond acceptors (Lipinski definition) is 4. The number of aromatic nitrogens is 1. The van der Waals surface area contributed by atoms with Crippen LogP contribution in [-0.4, -0.2) is 42.5 Å². The van der Waals surface area contributed by atoms with Crippen LogP contribution in [0.5, 0.6) is 0 Å². The predicted octanol–water partition coefficient (Wildman–Crippen LogP) is 3.72. The van der Waals surface area contributed by atoms with Crippen molar-refractivity contribution in [2.75, 3.05) is 26.7 Å². The first kappa shape index (κ1) is 19.5. The summed E-state index contributed by atoms with van der Waals surface area (Å²) in [6.07, 6.45) is 7.42. The lowest BCUT2D eigenvalue weighted by molar-refractivity contribution is 0.146. The minimum absolute atomic E-state index is 0.208. The summed E-state index contributed by atoms with van der Waals surface area (Å²) in [7, 11) is 1.80. The smallest absolute Gasteiger partial charge is 0.191 e. The number of nitrogens with one attached hydrogen (secondary N) is 2. The van der Waals surface area contributed by atoms with Gasteiger partial charge in [0.1, 0.15) is 5.76 Å². The van der Waals surface area contributed by atoms with E-state index in [1.54, 1.807) is 13.3 Å². The summed E-state index contributed by atoms with van der Waals surface area (Å²) in [4.78, 5) is 11.5. The van der Waals surface area contributed by atoms with E-state index < -0.39 is 0 Å². The molecule has 0 spiro atoms. The summed E-state index contributed by atoms with van der Waals surface area (Å²) in [5.74, 6) is 1.78.